The summed E-state index contributed by atoms with van der Waals surface area (Å²) >= 11 is 0. The smallest absolute Gasteiger partial charge is 0.191 e. The van der Waals surface area contributed by atoms with Gasteiger partial charge in [-0.2, -0.15) is 0 Å². The van der Waals surface area contributed by atoms with E-state index in [4.69, 9.17) is 4.74 Å². The highest BCUT2D eigenvalue weighted by molar-refractivity contribution is 14.0. The second-order valence-corrected chi connectivity index (χ2v) is 5.89. The first kappa shape index (κ1) is 22.8. The number of ether oxygens (including phenoxy) is 1. The summed E-state index contributed by atoms with van der Waals surface area (Å²) in [5.41, 5.74) is 1.01. The van der Waals surface area contributed by atoms with E-state index in [1.165, 1.54) is 6.42 Å². The summed E-state index contributed by atoms with van der Waals surface area (Å²) in [6.07, 6.45) is 2.35. The van der Waals surface area contributed by atoms with Gasteiger partial charge in [-0.05, 0) is 50.3 Å². The molecule has 0 spiro atoms. The fraction of sp³-hybridized carbons (Fsp3) is 0.611. The van der Waals surface area contributed by atoms with Crippen LogP contribution in [0.4, 0.5) is 0 Å². The van der Waals surface area contributed by atoms with Crippen molar-refractivity contribution >= 4 is 29.9 Å². The molecule has 0 aliphatic heterocycles. The zero-order valence-electron chi connectivity index (χ0n) is 15.3. The van der Waals surface area contributed by atoms with E-state index in [9.17, 15) is 5.11 Å². The van der Waals surface area contributed by atoms with Gasteiger partial charge in [-0.25, -0.2) is 4.99 Å². The molecule has 0 aliphatic rings. The van der Waals surface area contributed by atoms with Crippen LogP contribution in [0, 0.1) is 5.92 Å². The fourth-order valence-corrected chi connectivity index (χ4v) is 2.16. The largest absolute Gasteiger partial charge is 0.504 e. The molecule has 24 heavy (non-hydrogen) atoms. The number of guanidine groups is 1. The maximum Gasteiger partial charge on any atom is 0.191 e. The minimum Gasteiger partial charge on any atom is -0.504 e. The molecule has 0 unspecified atom stereocenters. The Labute approximate surface area is 163 Å². The van der Waals surface area contributed by atoms with Gasteiger partial charge in [0, 0.05) is 13.1 Å². The van der Waals surface area contributed by atoms with Crippen molar-refractivity contribution in [1.29, 1.82) is 0 Å². The standard InChI is InChI=1S/C18H31N3O2.HI/c1-5-19-18(20-11-7-8-14(3)4)21-13-15-9-10-16(22)17(12-15)23-6-2;/h9-10,12,14,22H,5-8,11,13H2,1-4H3,(H2,19,20,21);1H. The van der Waals surface area contributed by atoms with Crippen molar-refractivity contribution < 1.29 is 9.84 Å². The first-order valence-electron chi connectivity index (χ1n) is 8.53. The van der Waals surface area contributed by atoms with E-state index < -0.39 is 0 Å². The van der Waals surface area contributed by atoms with Gasteiger partial charge in [-0.15, -0.1) is 24.0 Å². The number of aliphatic imine (C=N–C) groups is 1. The van der Waals surface area contributed by atoms with Crippen molar-refractivity contribution in [3.63, 3.8) is 0 Å². The van der Waals surface area contributed by atoms with Crippen molar-refractivity contribution in [1.82, 2.24) is 10.6 Å². The predicted molar refractivity (Wildman–Crippen MR) is 112 cm³/mol. The van der Waals surface area contributed by atoms with E-state index in [1.807, 2.05) is 19.1 Å². The number of nitrogens with one attached hydrogen (secondary N) is 2. The molecule has 0 fully saturated rings. The van der Waals surface area contributed by atoms with Crippen LogP contribution in [0.25, 0.3) is 0 Å². The number of aromatic hydroxyl groups is 1. The van der Waals surface area contributed by atoms with E-state index in [-0.39, 0.29) is 29.7 Å². The topological polar surface area (TPSA) is 65.9 Å². The van der Waals surface area contributed by atoms with Crippen LogP contribution >= 0.6 is 24.0 Å². The third kappa shape index (κ3) is 9.20. The lowest BCUT2D eigenvalue weighted by atomic mass is 10.1. The summed E-state index contributed by atoms with van der Waals surface area (Å²) in [7, 11) is 0. The molecule has 0 radical (unpaired) electrons. The average Bonchev–Trinajstić information content (AvgIpc) is 2.51. The fourth-order valence-electron chi connectivity index (χ4n) is 2.16. The Morgan fingerprint density at radius 2 is 2.00 bits per heavy atom. The summed E-state index contributed by atoms with van der Waals surface area (Å²) in [6.45, 7) is 11.2. The summed E-state index contributed by atoms with van der Waals surface area (Å²) < 4.78 is 5.40. The van der Waals surface area contributed by atoms with E-state index in [1.54, 1.807) is 6.07 Å². The molecule has 1 aromatic carbocycles. The maximum atomic E-state index is 9.73. The zero-order chi connectivity index (χ0) is 17.1. The minimum atomic E-state index is 0. The lowest BCUT2D eigenvalue weighted by molar-refractivity contribution is 0.318. The molecule has 1 rings (SSSR count). The molecule has 0 aliphatic carbocycles. The molecule has 0 heterocycles. The third-order valence-corrected chi connectivity index (χ3v) is 3.34. The first-order chi connectivity index (χ1) is 11.1. The number of hydrogen-bond acceptors (Lipinski definition) is 3. The molecule has 0 aromatic heterocycles. The number of phenolic OH excluding ortho intramolecular Hbond substituents is 1. The van der Waals surface area contributed by atoms with E-state index in [2.05, 4.69) is 36.4 Å². The Morgan fingerprint density at radius 3 is 2.62 bits per heavy atom. The van der Waals surface area contributed by atoms with Crippen LogP contribution in [-0.4, -0.2) is 30.8 Å². The molecule has 0 bridgehead atoms. The summed E-state index contributed by atoms with van der Waals surface area (Å²) in [6, 6.07) is 5.35. The Morgan fingerprint density at radius 1 is 1.25 bits per heavy atom. The molecular formula is C18H32IN3O2. The molecule has 5 nitrogen and oxygen atoms in total. The van der Waals surface area contributed by atoms with E-state index in [0.29, 0.717) is 18.9 Å². The van der Waals surface area contributed by atoms with Gasteiger partial charge < -0.3 is 20.5 Å². The number of phenols is 1. The second kappa shape index (κ2) is 13.1. The molecule has 1 aromatic rings. The average molecular weight is 449 g/mol. The molecule has 6 heteroatoms. The van der Waals surface area contributed by atoms with Crippen molar-refractivity contribution in [3.8, 4) is 11.5 Å². The third-order valence-electron chi connectivity index (χ3n) is 3.34. The SMILES string of the molecule is CCNC(=NCc1ccc(O)c(OCC)c1)NCCCC(C)C.I. The quantitative estimate of drug-likeness (QED) is 0.232. The monoisotopic (exact) mass is 449 g/mol. The zero-order valence-corrected chi connectivity index (χ0v) is 17.6. The summed E-state index contributed by atoms with van der Waals surface area (Å²) in [5.74, 6) is 2.22. The molecule has 3 N–H and O–H groups in total. The lowest BCUT2D eigenvalue weighted by Crippen LogP contribution is -2.37. The summed E-state index contributed by atoms with van der Waals surface area (Å²) in [4.78, 5) is 4.59. The Kier molecular flexibility index (Phi) is 12.5. The maximum absolute atomic E-state index is 9.73. The molecule has 0 amide bonds. The van der Waals surface area contributed by atoms with Crippen LogP contribution in [-0.2, 0) is 6.54 Å². The van der Waals surface area contributed by atoms with Gasteiger partial charge in [0.25, 0.3) is 0 Å². The molecular weight excluding hydrogens is 417 g/mol. The van der Waals surface area contributed by atoms with Gasteiger partial charge in [-0.1, -0.05) is 19.9 Å². The van der Waals surface area contributed by atoms with Gasteiger partial charge in [0.2, 0.25) is 0 Å². The van der Waals surface area contributed by atoms with Crippen LogP contribution in [0.3, 0.4) is 0 Å². The van der Waals surface area contributed by atoms with Crippen LogP contribution in [0.15, 0.2) is 23.2 Å². The normalized spacial score (nSPS) is 11.1. The van der Waals surface area contributed by atoms with Crippen LogP contribution in [0.5, 0.6) is 11.5 Å². The van der Waals surface area contributed by atoms with Gasteiger partial charge >= 0.3 is 0 Å². The Balaban J connectivity index is 0.00000529. The van der Waals surface area contributed by atoms with Gasteiger partial charge in [-0.3, -0.25) is 0 Å². The predicted octanol–water partition coefficient (Wildman–Crippen LogP) is 3.90. The van der Waals surface area contributed by atoms with Gasteiger partial charge in [0.05, 0.1) is 13.2 Å². The molecule has 0 atom stereocenters. The van der Waals surface area contributed by atoms with Crippen LogP contribution < -0.4 is 15.4 Å². The number of halogens is 1. The Bertz CT molecular complexity index is 493. The summed E-state index contributed by atoms with van der Waals surface area (Å²) in [5, 5.41) is 16.3. The van der Waals surface area contributed by atoms with Crippen molar-refractivity contribution in [2.24, 2.45) is 10.9 Å². The van der Waals surface area contributed by atoms with Gasteiger partial charge in [0.1, 0.15) is 0 Å². The van der Waals surface area contributed by atoms with Crippen molar-refractivity contribution in [2.45, 2.75) is 47.1 Å². The minimum absolute atomic E-state index is 0. The number of rotatable bonds is 9. The van der Waals surface area contributed by atoms with Crippen LogP contribution in [0.2, 0.25) is 0 Å². The number of hydrogen-bond donors (Lipinski definition) is 3. The van der Waals surface area contributed by atoms with Gasteiger partial charge in [0.15, 0.2) is 17.5 Å². The Hall–Kier alpha value is -1.18. The number of benzene rings is 1. The molecule has 0 saturated carbocycles. The van der Waals surface area contributed by atoms with E-state index >= 15 is 0 Å². The first-order valence-corrected chi connectivity index (χ1v) is 8.53. The highest BCUT2D eigenvalue weighted by Gasteiger charge is 2.04. The molecule has 138 valence electrons. The van der Waals surface area contributed by atoms with E-state index in [0.717, 1.165) is 37.0 Å². The lowest BCUT2D eigenvalue weighted by Gasteiger charge is -2.12. The van der Waals surface area contributed by atoms with Crippen LogP contribution in [0.1, 0.15) is 46.1 Å². The number of nitrogens with zero attached hydrogens (tertiary/aromatic N) is 1. The van der Waals surface area contributed by atoms with Crippen molar-refractivity contribution in [3.05, 3.63) is 23.8 Å². The highest BCUT2D eigenvalue weighted by atomic mass is 127. The van der Waals surface area contributed by atoms with Crippen molar-refractivity contribution in [2.75, 3.05) is 19.7 Å². The highest BCUT2D eigenvalue weighted by Crippen LogP contribution is 2.27. The molecule has 0 saturated heterocycles. The second-order valence-electron chi connectivity index (χ2n) is 5.89.